The molecule has 0 spiro atoms. The van der Waals surface area contributed by atoms with Crippen molar-refractivity contribution in [2.45, 2.75) is 52.4 Å². The number of hydrogen-bond acceptors (Lipinski definition) is 2. The first-order valence-corrected chi connectivity index (χ1v) is 6.38. The van der Waals surface area contributed by atoms with E-state index in [1.54, 1.807) is 0 Å². The molecule has 1 saturated heterocycles. The van der Waals surface area contributed by atoms with Crippen LogP contribution in [0.25, 0.3) is 0 Å². The van der Waals surface area contributed by atoms with Crippen LogP contribution in [0, 0.1) is 5.92 Å². The summed E-state index contributed by atoms with van der Waals surface area (Å²) in [6.45, 7) is 4.71. The van der Waals surface area contributed by atoms with Crippen LogP contribution in [0.1, 0.15) is 52.4 Å². The lowest BCUT2D eigenvalue weighted by atomic mass is 10.1. The van der Waals surface area contributed by atoms with Crippen molar-refractivity contribution in [3.05, 3.63) is 0 Å². The molecule has 0 aliphatic carbocycles. The summed E-state index contributed by atoms with van der Waals surface area (Å²) in [5.74, 6) is 0.255. The zero-order valence-corrected chi connectivity index (χ0v) is 10.6. The average Bonchev–Trinajstić information content (AvgIpc) is 2.29. The summed E-state index contributed by atoms with van der Waals surface area (Å²) in [6, 6.07) is 0. The molecule has 1 fully saturated rings. The van der Waals surface area contributed by atoms with Crippen molar-refractivity contribution in [2.75, 3.05) is 6.54 Å². The molecular weight excluding hydrogens is 206 g/mol. The summed E-state index contributed by atoms with van der Waals surface area (Å²) in [5.41, 5.74) is 0. The van der Waals surface area contributed by atoms with Gasteiger partial charge in [-0.15, -0.1) is 0 Å². The average molecular weight is 227 g/mol. The van der Waals surface area contributed by atoms with Gasteiger partial charge in [-0.2, -0.15) is 0 Å². The number of carbonyl (C=O) groups is 1. The molecule has 1 aliphatic heterocycles. The molecule has 1 rings (SSSR count). The van der Waals surface area contributed by atoms with Gasteiger partial charge < -0.3 is 4.90 Å². The van der Waals surface area contributed by atoms with Gasteiger partial charge in [-0.1, -0.05) is 45.3 Å². The highest BCUT2D eigenvalue weighted by atomic mass is 32.1. The van der Waals surface area contributed by atoms with E-state index in [0.29, 0.717) is 0 Å². The third kappa shape index (κ3) is 3.90. The molecule has 0 bridgehead atoms. The number of nitrogens with zero attached hydrogens (tertiary/aromatic N) is 1. The van der Waals surface area contributed by atoms with Gasteiger partial charge in [-0.05, 0) is 19.3 Å². The highest BCUT2D eigenvalue weighted by Gasteiger charge is 2.20. The Hall–Kier alpha value is -0.440. The first-order chi connectivity index (χ1) is 7.13. The van der Waals surface area contributed by atoms with Crippen LogP contribution < -0.4 is 0 Å². The fourth-order valence-corrected chi connectivity index (χ4v) is 2.21. The van der Waals surface area contributed by atoms with E-state index in [4.69, 9.17) is 12.2 Å². The van der Waals surface area contributed by atoms with E-state index in [-0.39, 0.29) is 11.8 Å². The predicted octanol–water partition coefficient (Wildman–Crippen LogP) is 3.15. The smallest absolute Gasteiger partial charge is 0.229 e. The van der Waals surface area contributed by atoms with Gasteiger partial charge in [0.1, 0.15) is 0 Å². The minimum atomic E-state index is 0.0590. The lowest BCUT2D eigenvalue weighted by Gasteiger charge is -2.24. The second-order valence-electron chi connectivity index (χ2n) is 4.56. The number of hydrogen-bond donors (Lipinski definition) is 0. The van der Waals surface area contributed by atoms with Crippen LogP contribution in [0.4, 0.5) is 0 Å². The maximum absolute atomic E-state index is 11.9. The van der Waals surface area contributed by atoms with Crippen molar-refractivity contribution in [3.8, 4) is 0 Å². The van der Waals surface area contributed by atoms with Crippen molar-refractivity contribution in [2.24, 2.45) is 5.92 Å². The molecule has 15 heavy (non-hydrogen) atoms. The van der Waals surface area contributed by atoms with Crippen LogP contribution >= 0.6 is 12.2 Å². The topological polar surface area (TPSA) is 20.3 Å². The Morgan fingerprint density at radius 2 is 1.80 bits per heavy atom. The van der Waals surface area contributed by atoms with Crippen molar-refractivity contribution in [1.82, 2.24) is 4.90 Å². The summed E-state index contributed by atoms with van der Waals surface area (Å²) >= 11 is 5.33. The largest absolute Gasteiger partial charge is 0.306 e. The SMILES string of the molecule is CC(C)C(=O)N1CCCCCCCC1=S. The molecule has 0 N–H and O–H groups in total. The van der Waals surface area contributed by atoms with Gasteiger partial charge in [0.2, 0.25) is 5.91 Å². The molecule has 0 aromatic carbocycles. The van der Waals surface area contributed by atoms with E-state index in [1.807, 2.05) is 18.7 Å². The second-order valence-corrected chi connectivity index (χ2v) is 5.03. The summed E-state index contributed by atoms with van der Waals surface area (Å²) in [4.78, 5) is 14.6. The maximum atomic E-state index is 11.9. The quantitative estimate of drug-likeness (QED) is 0.641. The molecule has 0 saturated carbocycles. The fraction of sp³-hybridized carbons (Fsp3) is 0.833. The zero-order chi connectivity index (χ0) is 11.3. The first kappa shape index (κ1) is 12.6. The number of rotatable bonds is 1. The molecule has 2 nitrogen and oxygen atoms in total. The number of thiocarbonyl (C=S) groups is 1. The third-order valence-corrected chi connectivity index (χ3v) is 3.26. The third-order valence-electron chi connectivity index (χ3n) is 2.83. The zero-order valence-electron chi connectivity index (χ0n) is 9.79. The Labute approximate surface area is 98.0 Å². The standard InChI is InChI=1S/C12H21NOS/c1-10(2)12(14)13-9-7-5-3-4-6-8-11(13)15/h10H,3-9H2,1-2H3. The van der Waals surface area contributed by atoms with Crippen LogP contribution in [0.15, 0.2) is 0 Å². The Morgan fingerprint density at radius 1 is 1.20 bits per heavy atom. The highest BCUT2D eigenvalue weighted by molar-refractivity contribution is 7.80. The molecule has 3 heteroatoms. The Bertz CT molecular complexity index is 238. The summed E-state index contributed by atoms with van der Waals surface area (Å²) in [6.07, 6.45) is 6.91. The summed E-state index contributed by atoms with van der Waals surface area (Å²) in [5, 5.41) is 0. The number of amides is 1. The van der Waals surface area contributed by atoms with Gasteiger partial charge in [-0.3, -0.25) is 4.79 Å². The van der Waals surface area contributed by atoms with Gasteiger partial charge in [-0.25, -0.2) is 0 Å². The molecule has 1 heterocycles. The minimum Gasteiger partial charge on any atom is -0.306 e. The van der Waals surface area contributed by atoms with Gasteiger partial charge in [0.15, 0.2) is 0 Å². The van der Waals surface area contributed by atoms with E-state index < -0.39 is 0 Å². The second kappa shape index (κ2) is 6.21. The molecule has 0 aromatic heterocycles. The molecule has 0 radical (unpaired) electrons. The van der Waals surface area contributed by atoms with Crippen LogP contribution in [0.3, 0.4) is 0 Å². The van der Waals surface area contributed by atoms with Gasteiger partial charge in [0.05, 0.1) is 4.99 Å². The van der Waals surface area contributed by atoms with E-state index >= 15 is 0 Å². The molecule has 0 aromatic rings. The van der Waals surface area contributed by atoms with Crippen molar-refractivity contribution in [3.63, 3.8) is 0 Å². The monoisotopic (exact) mass is 227 g/mol. The van der Waals surface area contributed by atoms with E-state index in [0.717, 1.165) is 30.8 Å². The minimum absolute atomic E-state index is 0.0590. The molecule has 1 amide bonds. The lowest BCUT2D eigenvalue weighted by Crippen LogP contribution is -2.38. The molecular formula is C12H21NOS. The van der Waals surface area contributed by atoms with E-state index in [1.165, 1.54) is 19.3 Å². The van der Waals surface area contributed by atoms with E-state index in [2.05, 4.69) is 0 Å². The van der Waals surface area contributed by atoms with Crippen LogP contribution in [0.2, 0.25) is 0 Å². The molecule has 0 unspecified atom stereocenters. The molecule has 0 atom stereocenters. The highest BCUT2D eigenvalue weighted by Crippen LogP contribution is 2.15. The Morgan fingerprint density at radius 3 is 2.47 bits per heavy atom. The van der Waals surface area contributed by atoms with Crippen molar-refractivity contribution in [1.29, 1.82) is 0 Å². The van der Waals surface area contributed by atoms with Gasteiger partial charge in [0.25, 0.3) is 0 Å². The molecule has 86 valence electrons. The summed E-state index contributed by atoms with van der Waals surface area (Å²) in [7, 11) is 0. The van der Waals surface area contributed by atoms with Crippen LogP contribution in [-0.4, -0.2) is 22.3 Å². The predicted molar refractivity (Wildman–Crippen MR) is 66.9 cm³/mol. The van der Waals surface area contributed by atoms with Crippen LogP contribution in [-0.2, 0) is 4.79 Å². The Balaban J connectivity index is 2.63. The van der Waals surface area contributed by atoms with Crippen LogP contribution in [0.5, 0.6) is 0 Å². The van der Waals surface area contributed by atoms with Gasteiger partial charge in [0, 0.05) is 12.5 Å². The molecule has 1 aliphatic rings. The van der Waals surface area contributed by atoms with Gasteiger partial charge >= 0.3 is 0 Å². The Kier molecular flexibility index (Phi) is 5.23. The van der Waals surface area contributed by atoms with Crippen molar-refractivity contribution < 1.29 is 4.79 Å². The van der Waals surface area contributed by atoms with E-state index in [9.17, 15) is 4.79 Å². The first-order valence-electron chi connectivity index (χ1n) is 5.97. The maximum Gasteiger partial charge on any atom is 0.229 e. The summed E-state index contributed by atoms with van der Waals surface area (Å²) < 4.78 is 0. The van der Waals surface area contributed by atoms with Crippen molar-refractivity contribution >= 4 is 23.1 Å². The number of carbonyl (C=O) groups excluding carboxylic acids is 1. The fourth-order valence-electron chi connectivity index (χ4n) is 1.88. The normalized spacial score (nSPS) is 19.7. The lowest BCUT2D eigenvalue weighted by molar-refractivity contribution is -0.130.